The maximum atomic E-state index is 13.3. The molecule has 1 aromatic carbocycles. The van der Waals surface area contributed by atoms with Crippen molar-refractivity contribution in [2.75, 3.05) is 12.3 Å². The molecule has 1 rings (SSSR count). The van der Waals surface area contributed by atoms with E-state index in [-0.39, 0.29) is 43.9 Å². The third kappa shape index (κ3) is 14.1. The maximum absolute atomic E-state index is 13.3. The Bertz CT molecular complexity index is 1150. The zero-order valence-electron chi connectivity index (χ0n) is 24.9. The van der Waals surface area contributed by atoms with E-state index >= 15 is 0 Å². The third-order valence-electron chi connectivity index (χ3n) is 6.65. The van der Waals surface area contributed by atoms with E-state index in [1.165, 1.54) is 13.8 Å². The summed E-state index contributed by atoms with van der Waals surface area (Å²) in [5, 5.41) is 29.2. The van der Waals surface area contributed by atoms with E-state index in [1.807, 2.05) is 26.0 Å². The van der Waals surface area contributed by atoms with Crippen LogP contribution in [0.4, 0.5) is 0 Å². The molecular weight excluding hydrogens is 600 g/mol. The average molecular weight is 643 g/mol. The Kier molecular flexibility index (Phi) is 16.1. The van der Waals surface area contributed by atoms with E-state index in [0.29, 0.717) is 11.4 Å². The van der Waals surface area contributed by atoms with Crippen LogP contribution in [0.3, 0.4) is 0 Å². The number of nitrogens with one attached hydrogen (secondary N) is 4. The van der Waals surface area contributed by atoms with Crippen molar-refractivity contribution in [1.82, 2.24) is 21.3 Å². The van der Waals surface area contributed by atoms with Crippen molar-refractivity contribution >= 4 is 59.8 Å². The lowest BCUT2D eigenvalue weighted by molar-refractivity contribution is -0.141. The summed E-state index contributed by atoms with van der Waals surface area (Å²) in [6.45, 7) is 6.97. The molecule has 0 fully saturated rings. The van der Waals surface area contributed by atoms with Crippen LogP contribution >= 0.6 is 24.2 Å². The van der Waals surface area contributed by atoms with Crippen molar-refractivity contribution in [2.24, 2.45) is 11.3 Å². The second-order valence-corrected chi connectivity index (χ2v) is 12.1. The Labute approximate surface area is 262 Å². The van der Waals surface area contributed by atoms with E-state index in [0.717, 1.165) is 5.56 Å². The highest BCUT2D eigenvalue weighted by molar-refractivity contribution is 7.80. The number of carbonyl (C=O) groups excluding carboxylic acids is 4. The van der Waals surface area contributed by atoms with Crippen LogP contribution in [-0.4, -0.2) is 76.2 Å². The van der Waals surface area contributed by atoms with Crippen LogP contribution < -0.4 is 21.3 Å². The highest BCUT2D eigenvalue weighted by Gasteiger charge is 2.34. The van der Waals surface area contributed by atoms with Gasteiger partial charge in [0.25, 0.3) is 0 Å². The first-order valence-electron chi connectivity index (χ1n) is 14.0. The highest BCUT2D eigenvalue weighted by Crippen LogP contribution is 2.23. The van der Waals surface area contributed by atoms with Crippen molar-refractivity contribution < 1.29 is 39.0 Å². The molecule has 12 nitrogen and oxygen atoms in total. The predicted octanol–water partition coefficient (Wildman–Crippen LogP) is 2.18. The summed E-state index contributed by atoms with van der Waals surface area (Å²) in [7, 11) is 0. The molecule has 0 heterocycles. The quantitative estimate of drug-likeness (QED) is 0.112. The number of hydrogen-bond donors (Lipinski definition) is 7. The lowest BCUT2D eigenvalue weighted by atomic mass is 9.86. The average Bonchev–Trinajstić information content (AvgIpc) is 2.92. The standard InChI is InChI=1S/C29H43ClN4O8S/c1-17(2)15-21(27(41)33-22(16-43)25(39)31-14-12-18-7-5-6-8-19(18)30)32-26(40)20(9-10-23(35)36)34-28(42)29(3,4)13-11-24(37)38/h5-8,17,20-22,43H,9-16H2,1-4H3,(H,31,39)(H,32,40)(H,33,41)(H,34,42)(H,35,36)(H,37,38)/t20-,21-,22-/m0/s1. The molecule has 0 aliphatic rings. The number of carbonyl (C=O) groups is 6. The molecule has 14 heteroatoms. The molecule has 1 aromatic rings. The molecule has 0 unspecified atom stereocenters. The maximum Gasteiger partial charge on any atom is 0.303 e. The Morgan fingerprint density at radius 1 is 0.860 bits per heavy atom. The number of carboxylic acid groups (broad SMARTS) is 2. The molecule has 0 aliphatic carbocycles. The molecule has 240 valence electrons. The first-order chi connectivity index (χ1) is 20.1. The Morgan fingerprint density at radius 2 is 1.44 bits per heavy atom. The number of carboxylic acids is 2. The second-order valence-electron chi connectivity index (χ2n) is 11.3. The van der Waals surface area contributed by atoms with E-state index in [4.69, 9.17) is 21.8 Å². The largest absolute Gasteiger partial charge is 0.481 e. The van der Waals surface area contributed by atoms with Crippen LogP contribution in [-0.2, 0) is 35.2 Å². The minimum atomic E-state index is -1.30. The number of hydrogen-bond acceptors (Lipinski definition) is 7. The normalized spacial score (nSPS) is 13.4. The van der Waals surface area contributed by atoms with Crippen LogP contribution in [0, 0.1) is 11.3 Å². The van der Waals surface area contributed by atoms with E-state index in [9.17, 15) is 28.8 Å². The molecular formula is C29H43ClN4O8S. The fraction of sp³-hybridized carbons (Fsp3) is 0.586. The van der Waals surface area contributed by atoms with E-state index < -0.39 is 65.5 Å². The molecule has 3 atom stereocenters. The van der Waals surface area contributed by atoms with Crippen LogP contribution in [0.2, 0.25) is 5.02 Å². The molecule has 0 radical (unpaired) electrons. The SMILES string of the molecule is CC(C)C[C@H](NC(=O)[C@H](CCC(=O)O)NC(=O)C(C)(C)CCC(=O)O)C(=O)N[C@@H](CS)C(=O)NCCc1ccccc1Cl. The fourth-order valence-corrected chi connectivity index (χ4v) is 4.50. The summed E-state index contributed by atoms with van der Waals surface area (Å²) in [5.74, 6) is -4.88. The van der Waals surface area contributed by atoms with Gasteiger partial charge in [-0.1, -0.05) is 57.5 Å². The topological polar surface area (TPSA) is 191 Å². The van der Waals surface area contributed by atoms with Crippen LogP contribution in [0.25, 0.3) is 0 Å². The number of benzene rings is 1. The molecule has 6 N–H and O–H groups in total. The first-order valence-corrected chi connectivity index (χ1v) is 15.1. The summed E-state index contributed by atoms with van der Waals surface area (Å²) >= 11 is 10.4. The van der Waals surface area contributed by atoms with Gasteiger partial charge in [0.05, 0.1) is 0 Å². The van der Waals surface area contributed by atoms with E-state index in [1.54, 1.807) is 12.1 Å². The summed E-state index contributed by atoms with van der Waals surface area (Å²) in [6.07, 6.45) is -0.319. The summed E-state index contributed by atoms with van der Waals surface area (Å²) in [5.41, 5.74) is -0.307. The smallest absolute Gasteiger partial charge is 0.303 e. The van der Waals surface area contributed by atoms with Gasteiger partial charge in [0, 0.05) is 35.6 Å². The zero-order valence-corrected chi connectivity index (χ0v) is 26.6. The van der Waals surface area contributed by atoms with Gasteiger partial charge in [-0.2, -0.15) is 12.6 Å². The third-order valence-corrected chi connectivity index (χ3v) is 7.39. The second kappa shape index (κ2) is 18.4. The summed E-state index contributed by atoms with van der Waals surface area (Å²) in [4.78, 5) is 74.4. The summed E-state index contributed by atoms with van der Waals surface area (Å²) < 4.78 is 0. The first kappa shape index (κ1) is 37.7. The number of aliphatic carboxylic acids is 2. The fourth-order valence-electron chi connectivity index (χ4n) is 4.01. The van der Waals surface area contributed by atoms with Gasteiger partial charge >= 0.3 is 11.9 Å². The van der Waals surface area contributed by atoms with Crippen molar-refractivity contribution in [3.8, 4) is 0 Å². The Balaban J connectivity index is 2.96. The molecule has 43 heavy (non-hydrogen) atoms. The predicted molar refractivity (Wildman–Crippen MR) is 165 cm³/mol. The van der Waals surface area contributed by atoms with Crippen molar-refractivity contribution in [3.05, 3.63) is 34.9 Å². The molecule has 0 saturated carbocycles. The molecule has 0 aliphatic heterocycles. The molecule has 0 saturated heterocycles. The number of thiol groups is 1. The monoisotopic (exact) mass is 642 g/mol. The van der Waals surface area contributed by atoms with E-state index in [2.05, 4.69) is 33.9 Å². The van der Waals surface area contributed by atoms with Crippen molar-refractivity contribution in [2.45, 2.75) is 84.3 Å². The number of halogens is 1. The molecule has 0 aromatic heterocycles. The van der Waals surface area contributed by atoms with Crippen molar-refractivity contribution in [3.63, 3.8) is 0 Å². The Morgan fingerprint density at radius 3 is 2.00 bits per heavy atom. The van der Waals surface area contributed by atoms with Gasteiger partial charge in [0.15, 0.2) is 0 Å². The van der Waals surface area contributed by atoms with Crippen LogP contribution in [0.5, 0.6) is 0 Å². The highest BCUT2D eigenvalue weighted by atomic mass is 35.5. The van der Waals surface area contributed by atoms with Gasteiger partial charge in [-0.05, 0) is 43.2 Å². The van der Waals surface area contributed by atoms with Crippen LogP contribution in [0.15, 0.2) is 24.3 Å². The van der Waals surface area contributed by atoms with Crippen LogP contribution in [0.1, 0.15) is 65.4 Å². The minimum absolute atomic E-state index is 0.00855. The van der Waals surface area contributed by atoms with Crippen molar-refractivity contribution in [1.29, 1.82) is 0 Å². The van der Waals surface area contributed by atoms with Gasteiger partial charge in [-0.3, -0.25) is 28.8 Å². The molecule has 0 bridgehead atoms. The van der Waals surface area contributed by atoms with Gasteiger partial charge in [0.2, 0.25) is 23.6 Å². The lowest BCUT2D eigenvalue weighted by Gasteiger charge is -2.28. The summed E-state index contributed by atoms with van der Waals surface area (Å²) in [6, 6.07) is 3.81. The van der Waals surface area contributed by atoms with Gasteiger partial charge in [-0.15, -0.1) is 0 Å². The molecule has 0 spiro atoms. The van der Waals surface area contributed by atoms with Gasteiger partial charge in [0.1, 0.15) is 18.1 Å². The zero-order chi connectivity index (χ0) is 32.7. The Hall–Kier alpha value is -3.32. The number of amides is 4. The minimum Gasteiger partial charge on any atom is -0.481 e. The number of rotatable bonds is 19. The van der Waals surface area contributed by atoms with Gasteiger partial charge in [-0.25, -0.2) is 0 Å². The van der Waals surface area contributed by atoms with Gasteiger partial charge < -0.3 is 31.5 Å². The molecule has 4 amide bonds. The lowest BCUT2D eigenvalue weighted by Crippen LogP contribution is -2.58.